The van der Waals surface area contributed by atoms with Gasteiger partial charge in [-0.15, -0.1) is 0 Å². The number of hydrogen-bond acceptors (Lipinski definition) is 4. The second kappa shape index (κ2) is 10.3. The molecule has 0 spiro atoms. The Balaban J connectivity index is 1.37. The first-order valence-corrected chi connectivity index (χ1v) is 13.1. The molecule has 2 aliphatic rings. The first-order valence-electron chi connectivity index (χ1n) is 11.7. The van der Waals surface area contributed by atoms with E-state index >= 15 is 0 Å². The van der Waals surface area contributed by atoms with Crippen LogP contribution in [0, 0.1) is 0 Å². The minimum Gasteiger partial charge on any atom is -0.325 e. The van der Waals surface area contributed by atoms with Crippen molar-refractivity contribution in [2.75, 3.05) is 25.0 Å². The Morgan fingerprint density at radius 2 is 1.43 bits per heavy atom. The van der Waals surface area contributed by atoms with Gasteiger partial charge in [0.2, 0.25) is 15.9 Å². The fourth-order valence-electron chi connectivity index (χ4n) is 4.45. The van der Waals surface area contributed by atoms with Gasteiger partial charge in [-0.1, -0.05) is 6.07 Å². The number of halogens is 6. The summed E-state index contributed by atoms with van der Waals surface area (Å²) in [6.45, 7) is 0.733. The molecule has 4 rings (SSSR count). The minimum atomic E-state index is -4.66. The minimum absolute atomic E-state index is 0.0302. The number of piperidine rings is 1. The summed E-state index contributed by atoms with van der Waals surface area (Å²) in [6, 6.07) is 7.13. The Labute approximate surface area is 210 Å². The number of carbonyl (C=O) groups is 1. The van der Waals surface area contributed by atoms with Crippen LogP contribution in [-0.4, -0.2) is 55.2 Å². The predicted octanol–water partition coefficient (Wildman–Crippen LogP) is 4.98. The van der Waals surface area contributed by atoms with Gasteiger partial charge in [-0.25, -0.2) is 8.42 Å². The number of anilines is 1. The number of nitrogens with one attached hydrogen (secondary N) is 1. The Kier molecular flexibility index (Phi) is 7.59. The van der Waals surface area contributed by atoms with Crippen LogP contribution in [0.3, 0.4) is 0 Å². The maximum absolute atomic E-state index is 13.4. The van der Waals surface area contributed by atoms with E-state index < -0.39 is 50.3 Å². The highest BCUT2D eigenvalue weighted by Gasteiger charge is 2.44. The molecule has 2 fully saturated rings. The van der Waals surface area contributed by atoms with Crippen molar-refractivity contribution in [2.45, 2.75) is 55.0 Å². The van der Waals surface area contributed by atoms with Gasteiger partial charge in [0, 0.05) is 30.9 Å². The van der Waals surface area contributed by atoms with Crippen LogP contribution in [-0.2, 0) is 27.2 Å². The van der Waals surface area contributed by atoms with Crippen molar-refractivity contribution < 1.29 is 39.6 Å². The van der Waals surface area contributed by atoms with E-state index in [1.807, 2.05) is 0 Å². The molecule has 1 amide bonds. The number of nitrogens with zero attached hydrogens (tertiary/aromatic N) is 2. The molecule has 37 heavy (non-hydrogen) atoms. The van der Waals surface area contributed by atoms with Crippen molar-refractivity contribution >= 4 is 21.6 Å². The average Bonchev–Trinajstić information content (AvgIpc) is 3.64. The van der Waals surface area contributed by atoms with Crippen LogP contribution in [0.4, 0.5) is 32.0 Å². The smallest absolute Gasteiger partial charge is 0.325 e. The third-order valence-electron chi connectivity index (χ3n) is 6.42. The molecule has 2 aromatic rings. The Bertz CT molecular complexity index is 1220. The highest BCUT2D eigenvalue weighted by atomic mass is 32.2. The summed E-state index contributed by atoms with van der Waals surface area (Å²) in [7, 11) is -4.16. The number of amides is 1. The standard InChI is InChI=1S/C24H25F6N3O3S/c25-23(26,27)16-4-6-18(7-5-16)31-22(34)15-32-12-10-20(11-13-32)33(19-8-9-19)37(35,36)21-3-1-2-17(14-21)24(28,29)30/h1-7,14,19-20H,8-13,15H2,(H,31,34). The molecule has 1 aliphatic heterocycles. The van der Waals surface area contributed by atoms with Crippen LogP contribution < -0.4 is 5.32 Å². The molecule has 0 bridgehead atoms. The number of likely N-dealkylation sites (tertiary alicyclic amines) is 1. The molecule has 1 aliphatic carbocycles. The molecule has 2 aromatic carbocycles. The summed E-state index contributed by atoms with van der Waals surface area (Å²) >= 11 is 0. The van der Waals surface area contributed by atoms with Crippen molar-refractivity contribution in [3.8, 4) is 0 Å². The summed E-state index contributed by atoms with van der Waals surface area (Å²) in [5, 5.41) is 2.55. The van der Waals surface area contributed by atoms with Gasteiger partial charge in [-0.2, -0.15) is 30.6 Å². The van der Waals surface area contributed by atoms with E-state index in [0.717, 1.165) is 24.3 Å². The van der Waals surface area contributed by atoms with Gasteiger partial charge in [0.05, 0.1) is 22.6 Å². The maximum atomic E-state index is 13.4. The number of hydrogen-bond donors (Lipinski definition) is 1. The molecule has 1 N–H and O–H groups in total. The lowest BCUT2D eigenvalue weighted by Crippen LogP contribution is -2.49. The quantitative estimate of drug-likeness (QED) is 0.495. The molecule has 0 unspecified atom stereocenters. The number of alkyl halides is 6. The van der Waals surface area contributed by atoms with Gasteiger partial charge in [-0.3, -0.25) is 9.69 Å². The second-order valence-electron chi connectivity index (χ2n) is 9.22. The molecular weight excluding hydrogens is 524 g/mol. The van der Waals surface area contributed by atoms with Crippen LogP contribution in [0.5, 0.6) is 0 Å². The van der Waals surface area contributed by atoms with E-state index in [1.54, 1.807) is 4.90 Å². The summed E-state index contributed by atoms with van der Waals surface area (Å²) in [5.74, 6) is -0.422. The first kappa shape index (κ1) is 27.4. The fourth-order valence-corrected chi connectivity index (χ4v) is 6.43. The van der Waals surface area contributed by atoms with E-state index in [0.29, 0.717) is 44.8 Å². The zero-order valence-electron chi connectivity index (χ0n) is 19.5. The van der Waals surface area contributed by atoms with E-state index in [2.05, 4.69) is 5.32 Å². The molecule has 6 nitrogen and oxygen atoms in total. The van der Waals surface area contributed by atoms with Crippen LogP contribution >= 0.6 is 0 Å². The maximum Gasteiger partial charge on any atom is 0.416 e. The lowest BCUT2D eigenvalue weighted by Gasteiger charge is -2.37. The molecule has 1 heterocycles. The summed E-state index contributed by atoms with van der Waals surface area (Å²) in [5.41, 5.74) is -1.63. The van der Waals surface area contributed by atoms with Gasteiger partial charge in [0.25, 0.3) is 0 Å². The summed E-state index contributed by atoms with van der Waals surface area (Å²) in [6.07, 6.45) is -7.09. The van der Waals surface area contributed by atoms with E-state index in [4.69, 9.17) is 0 Å². The lowest BCUT2D eigenvalue weighted by atomic mass is 10.0. The van der Waals surface area contributed by atoms with Gasteiger partial charge in [0.15, 0.2) is 0 Å². The van der Waals surface area contributed by atoms with Gasteiger partial charge in [0.1, 0.15) is 0 Å². The number of sulfonamides is 1. The topological polar surface area (TPSA) is 69.7 Å². The van der Waals surface area contributed by atoms with E-state index in [1.165, 1.54) is 22.5 Å². The molecule has 1 saturated carbocycles. The van der Waals surface area contributed by atoms with Gasteiger partial charge < -0.3 is 5.32 Å². The molecule has 13 heteroatoms. The zero-order valence-corrected chi connectivity index (χ0v) is 20.3. The number of benzene rings is 2. The third-order valence-corrected chi connectivity index (χ3v) is 8.42. The molecule has 0 aromatic heterocycles. The normalized spacial score (nSPS) is 18.2. The van der Waals surface area contributed by atoms with Crippen LogP contribution in [0.25, 0.3) is 0 Å². The van der Waals surface area contributed by atoms with Gasteiger partial charge >= 0.3 is 12.4 Å². The summed E-state index contributed by atoms with van der Waals surface area (Å²) < 4.78 is 106. The van der Waals surface area contributed by atoms with Crippen LogP contribution in [0.1, 0.15) is 36.8 Å². The van der Waals surface area contributed by atoms with E-state index in [-0.39, 0.29) is 18.3 Å². The first-order chi connectivity index (χ1) is 17.2. The Hall–Kier alpha value is -2.64. The van der Waals surface area contributed by atoms with E-state index in [9.17, 15) is 39.6 Å². The number of rotatable bonds is 7. The Morgan fingerprint density at radius 1 is 0.865 bits per heavy atom. The molecule has 1 saturated heterocycles. The molecule has 0 radical (unpaired) electrons. The highest BCUT2D eigenvalue weighted by molar-refractivity contribution is 7.89. The largest absolute Gasteiger partial charge is 0.416 e. The van der Waals surface area contributed by atoms with Crippen molar-refractivity contribution in [3.63, 3.8) is 0 Å². The zero-order chi connectivity index (χ0) is 27.0. The van der Waals surface area contributed by atoms with Crippen molar-refractivity contribution in [1.82, 2.24) is 9.21 Å². The fraction of sp³-hybridized carbons (Fsp3) is 0.458. The Morgan fingerprint density at radius 3 is 1.97 bits per heavy atom. The molecular formula is C24H25F6N3O3S. The molecule has 202 valence electrons. The van der Waals surface area contributed by atoms with Gasteiger partial charge in [-0.05, 0) is 68.1 Å². The number of carbonyl (C=O) groups excluding carboxylic acids is 1. The SMILES string of the molecule is O=C(CN1CCC(N(C2CC2)S(=O)(=O)c2cccc(C(F)(F)F)c2)CC1)Nc1ccc(C(F)(F)F)cc1. The van der Waals surface area contributed by atoms with Crippen LogP contribution in [0.15, 0.2) is 53.4 Å². The second-order valence-corrected chi connectivity index (χ2v) is 11.1. The monoisotopic (exact) mass is 549 g/mol. The van der Waals surface area contributed by atoms with Crippen molar-refractivity contribution in [3.05, 3.63) is 59.7 Å². The lowest BCUT2D eigenvalue weighted by molar-refractivity contribution is -0.138. The highest BCUT2D eigenvalue weighted by Crippen LogP contribution is 2.38. The third kappa shape index (κ3) is 6.63. The van der Waals surface area contributed by atoms with Crippen LogP contribution in [0.2, 0.25) is 0 Å². The van der Waals surface area contributed by atoms with Crippen molar-refractivity contribution in [2.24, 2.45) is 0 Å². The average molecular weight is 550 g/mol. The molecule has 0 atom stereocenters. The predicted molar refractivity (Wildman–Crippen MR) is 123 cm³/mol. The summed E-state index contributed by atoms with van der Waals surface area (Å²) in [4.78, 5) is 13.8. The van der Waals surface area contributed by atoms with Crippen molar-refractivity contribution in [1.29, 1.82) is 0 Å².